The van der Waals surface area contributed by atoms with Crippen molar-refractivity contribution in [3.8, 4) is 17.0 Å². The van der Waals surface area contributed by atoms with Gasteiger partial charge < -0.3 is 10.1 Å². The van der Waals surface area contributed by atoms with Crippen molar-refractivity contribution in [3.05, 3.63) is 65.7 Å². The molecule has 4 nitrogen and oxygen atoms in total. The molecule has 0 bridgehead atoms. The van der Waals surface area contributed by atoms with Crippen molar-refractivity contribution in [3.63, 3.8) is 0 Å². The maximum atomic E-state index is 5.64. The molecule has 130 valence electrons. The fraction of sp³-hybridized carbons (Fsp3) is 0.143. The third kappa shape index (κ3) is 3.39. The largest absolute Gasteiger partial charge is 0.494 e. The number of hydrogen-bond donors (Lipinski definition) is 1. The van der Waals surface area contributed by atoms with Crippen LogP contribution in [0.5, 0.6) is 5.75 Å². The molecule has 2 aromatic heterocycles. The van der Waals surface area contributed by atoms with Crippen LogP contribution in [0.1, 0.15) is 12.6 Å². The highest BCUT2D eigenvalue weighted by Gasteiger charge is 2.09. The summed E-state index contributed by atoms with van der Waals surface area (Å²) in [7, 11) is 0. The number of nitrogens with zero attached hydrogens (tertiary/aromatic N) is 2. The molecule has 0 spiro atoms. The number of nitrogens with one attached hydrogen (secondary N) is 1. The Balaban J connectivity index is 1.70. The summed E-state index contributed by atoms with van der Waals surface area (Å²) in [5.74, 6) is 0.845. The van der Waals surface area contributed by atoms with Crippen LogP contribution in [0, 0.1) is 6.92 Å². The van der Waals surface area contributed by atoms with Gasteiger partial charge in [-0.3, -0.25) is 4.98 Å². The molecule has 2 aromatic carbocycles. The van der Waals surface area contributed by atoms with E-state index in [9.17, 15) is 0 Å². The third-order valence-corrected chi connectivity index (χ3v) is 4.79. The Morgan fingerprint density at radius 3 is 2.69 bits per heavy atom. The molecule has 0 amide bonds. The summed E-state index contributed by atoms with van der Waals surface area (Å²) in [6.45, 7) is 4.62. The minimum Gasteiger partial charge on any atom is -0.494 e. The Hall–Kier alpha value is -2.92. The highest BCUT2D eigenvalue weighted by atomic mass is 32.1. The average Bonchev–Trinajstić information content (AvgIpc) is 3.12. The van der Waals surface area contributed by atoms with E-state index in [0.29, 0.717) is 6.61 Å². The van der Waals surface area contributed by atoms with E-state index in [-0.39, 0.29) is 0 Å². The van der Waals surface area contributed by atoms with Crippen molar-refractivity contribution in [2.75, 3.05) is 11.9 Å². The van der Waals surface area contributed by atoms with E-state index in [1.807, 2.05) is 56.3 Å². The first-order valence-corrected chi connectivity index (χ1v) is 9.43. The van der Waals surface area contributed by atoms with Crippen LogP contribution in [0.2, 0.25) is 0 Å². The average molecular weight is 361 g/mol. The number of benzene rings is 2. The van der Waals surface area contributed by atoms with E-state index in [1.54, 1.807) is 11.3 Å². The van der Waals surface area contributed by atoms with Gasteiger partial charge in [-0.05, 0) is 38.1 Å². The van der Waals surface area contributed by atoms with Gasteiger partial charge in [-0.2, -0.15) is 0 Å². The summed E-state index contributed by atoms with van der Waals surface area (Å²) in [5.41, 5.74) is 4.98. The summed E-state index contributed by atoms with van der Waals surface area (Å²) in [6.07, 6.45) is 0. The molecule has 4 rings (SSSR count). The lowest BCUT2D eigenvalue weighted by molar-refractivity contribution is 0.340. The Bertz CT molecular complexity index is 1040. The van der Waals surface area contributed by atoms with Gasteiger partial charge in [0.25, 0.3) is 0 Å². The first kappa shape index (κ1) is 16.5. The molecule has 0 radical (unpaired) electrons. The van der Waals surface area contributed by atoms with Crippen LogP contribution in [0.25, 0.3) is 22.2 Å². The lowest BCUT2D eigenvalue weighted by atomic mass is 10.1. The van der Waals surface area contributed by atoms with Crippen molar-refractivity contribution < 1.29 is 4.74 Å². The van der Waals surface area contributed by atoms with Crippen LogP contribution in [0.4, 0.5) is 10.8 Å². The molecular weight excluding hydrogens is 342 g/mol. The smallest absolute Gasteiger partial charge is 0.187 e. The van der Waals surface area contributed by atoms with E-state index < -0.39 is 0 Å². The first-order valence-electron chi connectivity index (χ1n) is 8.55. The van der Waals surface area contributed by atoms with E-state index in [2.05, 4.69) is 27.8 Å². The maximum Gasteiger partial charge on any atom is 0.187 e. The summed E-state index contributed by atoms with van der Waals surface area (Å²) in [5, 5.41) is 7.41. The monoisotopic (exact) mass is 361 g/mol. The molecule has 2 heterocycles. The molecule has 0 aliphatic carbocycles. The fourth-order valence-corrected chi connectivity index (χ4v) is 3.62. The quantitative estimate of drug-likeness (QED) is 0.487. The van der Waals surface area contributed by atoms with E-state index >= 15 is 0 Å². The third-order valence-electron chi connectivity index (χ3n) is 4.03. The number of hydrogen-bond acceptors (Lipinski definition) is 5. The van der Waals surface area contributed by atoms with Gasteiger partial charge in [-0.1, -0.05) is 30.3 Å². The summed E-state index contributed by atoms with van der Waals surface area (Å²) in [6, 6.07) is 18.2. The van der Waals surface area contributed by atoms with E-state index in [4.69, 9.17) is 9.72 Å². The Morgan fingerprint density at radius 1 is 1.04 bits per heavy atom. The van der Waals surface area contributed by atoms with Crippen LogP contribution in [0.3, 0.4) is 0 Å². The predicted molar refractivity (Wildman–Crippen MR) is 108 cm³/mol. The Morgan fingerprint density at radius 2 is 1.88 bits per heavy atom. The lowest BCUT2D eigenvalue weighted by Crippen LogP contribution is -1.96. The van der Waals surface area contributed by atoms with Crippen LogP contribution in [0.15, 0.2) is 60.0 Å². The van der Waals surface area contributed by atoms with Gasteiger partial charge in [0.2, 0.25) is 0 Å². The van der Waals surface area contributed by atoms with Crippen LogP contribution in [-0.2, 0) is 0 Å². The zero-order valence-corrected chi connectivity index (χ0v) is 15.5. The zero-order chi connectivity index (χ0) is 17.9. The van der Waals surface area contributed by atoms with Gasteiger partial charge in [-0.25, -0.2) is 4.98 Å². The van der Waals surface area contributed by atoms with Crippen LogP contribution in [-0.4, -0.2) is 16.6 Å². The number of thiazole rings is 1. The Kier molecular flexibility index (Phi) is 4.54. The molecule has 0 atom stereocenters. The van der Waals surface area contributed by atoms with Crippen LogP contribution < -0.4 is 10.1 Å². The van der Waals surface area contributed by atoms with Gasteiger partial charge in [0, 0.05) is 22.0 Å². The van der Waals surface area contributed by atoms with Gasteiger partial charge >= 0.3 is 0 Å². The van der Waals surface area contributed by atoms with Crippen molar-refractivity contribution in [2.24, 2.45) is 0 Å². The number of aryl methyl sites for hydroxylation is 1. The number of ether oxygens (including phenoxy) is 1. The minimum absolute atomic E-state index is 0.639. The SMILES string of the molecule is CCOc1ccc2nc(C)cc(Nc3nc(-c4ccccc4)cs3)c2c1. The molecule has 0 aliphatic rings. The van der Waals surface area contributed by atoms with Crippen molar-refractivity contribution in [2.45, 2.75) is 13.8 Å². The molecule has 26 heavy (non-hydrogen) atoms. The topological polar surface area (TPSA) is 47.0 Å². The molecule has 0 aliphatic heterocycles. The number of anilines is 2. The number of aromatic nitrogens is 2. The van der Waals surface area contributed by atoms with Gasteiger partial charge in [0.05, 0.1) is 23.5 Å². The van der Waals surface area contributed by atoms with Crippen molar-refractivity contribution in [1.29, 1.82) is 0 Å². The first-order chi connectivity index (χ1) is 12.7. The Labute approximate surface area is 156 Å². The molecule has 0 saturated heterocycles. The van der Waals surface area contributed by atoms with Crippen molar-refractivity contribution in [1.82, 2.24) is 9.97 Å². The van der Waals surface area contributed by atoms with Gasteiger partial charge in [0.15, 0.2) is 5.13 Å². The van der Waals surface area contributed by atoms with E-state index in [0.717, 1.165) is 44.4 Å². The second-order valence-corrected chi connectivity index (χ2v) is 6.81. The number of pyridine rings is 1. The molecule has 4 aromatic rings. The maximum absolute atomic E-state index is 5.64. The van der Waals surface area contributed by atoms with Crippen molar-refractivity contribution >= 4 is 33.1 Å². The van der Waals surface area contributed by atoms with Crippen LogP contribution >= 0.6 is 11.3 Å². The molecule has 1 N–H and O–H groups in total. The highest BCUT2D eigenvalue weighted by Crippen LogP contribution is 2.32. The highest BCUT2D eigenvalue weighted by molar-refractivity contribution is 7.14. The van der Waals surface area contributed by atoms with Gasteiger partial charge in [0.1, 0.15) is 5.75 Å². The van der Waals surface area contributed by atoms with Gasteiger partial charge in [-0.15, -0.1) is 11.3 Å². The molecule has 5 heteroatoms. The minimum atomic E-state index is 0.639. The standard InChI is InChI=1S/C21H19N3OS/c1-3-25-16-9-10-18-17(12-16)19(11-14(2)22-18)23-21-24-20(13-26-21)15-7-5-4-6-8-15/h4-13H,3H2,1-2H3,(H,22,23,24). The number of fused-ring (bicyclic) bond motifs is 1. The predicted octanol–water partition coefficient (Wildman–Crippen LogP) is 5.81. The zero-order valence-electron chi connectivity index (χ0n) is 14.7. The molecule has 0 unspecified atom stereocenters. The lowest BCUT2D eigenvalue weighted by Gasteiger charge is -2.10. The summed E-state index contributed by atoms with van der Waals surface area (Å²) >= 11 is 1.59. The second-order valence-electron chi connectivity index (χ2n) is 5.95. The summed E-state index contributed by atoms with van der Waals surface area (Å²) in [4.78, 5) is 9.35. The summed E-state index contributed by atoms with van der Waals surface area (Å²) < 4.78 is 5.64. The molecule has 0 saturated carbocycles. The normalized spacial score (nSPS) is 10.8. The molecular formula is C21H19N3OS. The number of rotatable bonds is 5. The molecule has 0 fully saturated rings. The second kappa shape index (κ2) is 7.14. The van der Waals surface area contributed by atoms with E-state index in [1.165, 1.54) is 0 Å². The fourth-order valence-electron chi connectivity index (χ4n) is 2.89.